The highest BCUT2D eigenvalue weighted by molar-refractivity contribution is 8.04. The van der Waals surface area contributed by atoms with E-state index in [-0.39, 0.29) is 5.02 Å². The van der Waals surface area contributed by atoms with E-state index in [2.05, 4.69) is 4.99 Å². The number of benzene rings is 2. The normalized spacial score (nSPS) is 21.5. The van der Waals surface area contributed by atoms with Crippen molar-refractivity contribution in [1.82, 2.24) is 0 Å². The molecule has 158 valence electrons. The third kappa shape index (κ3) is 3.45. The van der Waals surface area contributed by atoms with Crippen LogP contribution in [-0.4, -0.2) is 18.0 Å². The van der Waals surface area contributed by atoms with Crippen LogP contribution < -0.4 is 21.3 Å². The van der Waals surface area contributed by atoms with Crippen molar-refractivity contribution >= 4 is 41.1 Å². The van der Waals surface area contributed by atoms with E-state index in [0.717, 1.165) is 28.9 Å². The largest absolute Gasteiger partial charge is 0.416 e. The quantitative estimate of drug-likeness (QED) is 0.685. The summed E-state index contributed by atoms with van der Waals surface area (Å²) in [5.41, 5.74) is 15.7. The van der Waals surface area contributed by atoms with Gasteiger partial charge < -0.3 is 21.3 Å². The Morgan fingerprint density at radius 2 is 1.77 bits per heavy atom. The van der Waals surface area contributed by atoms with Crippen LogP contribution in [0.5, 0.6) is 0 Å². The number of hydrogen-bond donors (Lipinski definition) is 2. The van der Waals surface area contributed by atoms with Crippen molar-refractivity contribution in [2.24, 2.45) is 16.5 Å². The molecule has 2 unspecified atom stereocenters. The molecule has 0 fully saturated rings. The van der Waals surface area contributed by atoms with Gasteiger partial charge in [-0.2, -0.15) is 13.2 Å². The standard InChI is InChI=1S/C20H19ClF3N5S/c1-10-4-3-5-11(2)15(10)29-16-17(25)28(9-27-18(16)30-19(29)26)14-7-6-12(8-13(14)21)20(22,23)24/h3-9,17,19H,25-26H2,1-2H3. The number of hydrogen-bond acceptors (Lipinski definition) is 6. The molecule has 0 amide bonds. The molecule has 0 aliphatic carbocycles. The number of anilines is 2. The van der Waals surface area contributed by atoms with E-state index in [4.69, 9.17) is 23.1 Å². The average Bonchev–Trinajstić information content (AvgIpc) is 2.98. The number of para-hydroxylation sites is 1. The maximum Gasteiger partial charge on any atom is 0.416 e. The first-order chi connectivity index (χ1) is 14.1. The third-order valence-corrected chi connectivity index (χ3v) is 6.37. The highest BCUT2D eigenvalue weighted by Crippen LogP contribution is 2.46. The minimum absolute atomic E-state index is 0.0654. The predicted octanol–water partition coefficient (Wildman–Crippen LogP) is 4.77. The van der Waals surface area contributed by atoms with Crippen LogP contribution in [0.2, 0.25) is 5.02 Å². The number of nitrogens with zero attached hydrogens (tertiary/aromatic N) is 3. The maximum atomic E-state index is 13.0. The zero-order chi connectivity index (χ0) is 21.8. The van der Waals surface area contributed by atoms with Gasteiger partial charge in [0, 0.05) is 5.69 Å². The Bertz CT molecular complexity index is 1050. The molecular formula is C20H19ClF3N5S. The van der Waals surface area contributed by atoms with Crippen molar-refractivity contribution in [3.8, 4) is 0 Å². The summed E-state index contributed by atoms with van der Waals surface area (Å²) in [6.07, 6.45) is -3.73. The fourth-order valence-electron chi connectivity index (χ4n) is 3.69. The fourth-order valence-corrected chi connectivity index (χ4v) is 4.97. The van der Waals surface area contributed by atoms with Gasteiger partial charge in [0.1, 0.15) is 16.7 Å². The van der Waals surface area contributed by atoms with Crippen LogP contribution in [0.4, 0.5) is 24.5 Å². The molecule has 4 rings (SSSR count). The molecule has 5 nitrogen and oxygen atoms in total. The van der Waals surface area contributed by atoms with Gasteiger partial charge in [-0.1, -0.05) is 41.6 Å². The lowest BCUT2D eigenvalue weighted by atomic mass is 10.1. The number of thioether (sulfide) groups is 1. The second kappa shape index (κ2) is 7.49. The van der Waals surface area contributed by atoms with Gasteiger partial charge in [0.05, 0.1) is 28.3 Å². The van der Waals surface area contributed by atoms with Gasteiger partial charge in [-0.25, -0.2) is 4.99 Å². The molecule has 2 atom stereocenters. The summed E-state index contributed by atoms with van der Waals surface area (Å²) in [6.45, 7) is 3.97. The van der Waals surface area contributed by atoms with Crippen molar-refractivity contribution in [1.29, 1.82) is 0 Å². The van der Waals surface area contributed by atoms with E-state index in [0.29, 0.717) is 16.4 Å². The number of aryl methyl sites for hydroxylation is 2. The first-order valence-electron chi connectivity index (χ1n) is 9.06. The highest BCUT2D eigenvalue weighted by Gasteiger charge is 2.40. The van der Waals surface area contributed by atoms with E-state index in [9.17, 15) is 13.2 Å². The lowest BCUT2D eigenvalue weighted by Crippen LogP contribution is -2.51. The first-order valence-corrected chi connectivity index (χ1v) is 10.3. The molecule has 2 aromatic carbocycles. The summed E-state index contributed by atoms with van der Waals surface area (Å²) in [5, 5.41) is 0.612. The van der Waals surface area contributed by atoms with Crippen LogP contribution >= 0.6 is 23.4 Å². The molecule has 0 saturated heterocycles. The van der Waals surface area contributed by atoms with Crippen molar-refractivity contribution in [3.05, 3.63) is 68.8 Å². The van der Waals surface area contributed by atoms with Crippen LogP contribution in [-0.2, 0) is 6.18 Å². The van der Waals surface area contributed by atoms with Gasteiger partial charge in [0.25, 0.3) is 0 Å². The molecule has 2 aliphatic rings. The predicted molar refractivity (Wildman–Crippen MR) is 116 cm³/mol. The minimum atomic E-state index is -4.48. The number of aliphatic imine (C=N–C) groups is 1. The van der Waals surface area contributed by atoms with E-state index in [1.807, 2.05) is 36.9 Å². The number of rotatable bonds is 2. The Hall–Kier alpha value is -2.20. The summed E-state index contributed by atoms with van der Waals surface area (Å²) < 4.78 is 39.0. The summed E-state index contributed by atoms with van der Waals surface area (Å²) >= 11 is 7.57. The lowest BCUT2D eigenvalue weighted by molar-refractivity contribution is -0.137. The molecule has 2 aliphatic heterocycles. The van der Waals surface area contributed by atoms with Gasteiger partial charge in [0.15, 0.2) is 0 Å². The molecule has 30 heavy (non-hydrogen) atoms. The van der Waals surface area contributed by atoms with Crippen LogP contribution in [0.3, 0.4) is 0 Å². The molecular weight excluding hydrogens is 435 g/mol. The number of nitrogens with two attached hydrogens (primary N) is 2. The zero-order valence-electron chi connectivity index (χ0n) is 16.1. The number of halogens is 4. The SMILES string of the molecule is Cc1cccc(C)c1N1C2=C(N=CN(c3ccc(C(F)(F)F)cc3Cl)C2N)SC1N. The van der Waals surface area contributed by atoms with Gasteiger partial charge >= 0.3 is 6.18 Å². The Morgan fingerprint density at radius 3 is 2.37 bits per heavy atom. The van der Waals surface area contributed by atoms with Gasteiger partial charge in [-0.05, 0) is 43.2 Å². The Morgan fingerprint density at radius 1 is 1.10 bits per heavy atom. The zero-order valence-corrected chi connectivity index (χ0v) is 17.7. The summed E-state index contributed by atoms with van der Waals surface area (Å²) in [4.78, 5) is 7.96. The maximum absolute atomic E-state index is 13.0. The van der Waals surface area contributed by atoms with Crippen LogP contribution in [0.15, 0.2) is 52.1 Å². The average molecular weight is 454 g/mol. The highest BCUT2D eigenvalue weighted by atomic mass is 35.5. The van der Waals surface area contributed by atoms with Crippen molar-refractivity contribution in [2.75, 3.05) is 9.80 Å². The lowest BCUT2D eigenvalue weighted by Gasteiger charge is -2.37. The molecule has 10 heteroatoms. The van der Waals surface area contributed by atoms with Crippen molar-refractivity contribution in [3.63, 3.8) is 0 Å². The first kappa shape index (κ1) is 21.0. The van der Waals surface area contributed by atoms with Crippen molar-refractivity contribution in [2.45, 2.75) is 31.7 Å². The Labute approximate surface area is 181 Å². The third-order valence-electron chi connectivity index (χ3n) is 5.08. The van der Waals surface area contributed by atoms with Crippen LogP contribution in [0.25, 0.3) is 0 Å². The molecule has 0 saturated carbocycles. The van der Waals surface area contributed by atoms with E-state index < -0.39 is 23.4 Å². The molecule has 0 bridgehead atoms. The van der Waals surface area contributed by atoms with E-state index >= 15 is 0 Å². The second-order valence-corrected chi connectivity index (χ2v) is 8.58. The minimum Gasteiger partial charge on any atom is -0.314 e. The Balaban J connectivity index is 1.74. The molecule has 0 aromatic heterocycles. The van der Waals surface area contributed by atoms with Gasteiger partial charge in [-0.3, -0.25) is 0 Å². The van der Waals surface area contributed by atoms with Crippen LogP contribution in [0.1, 0.15) is 16.7 Å². The molecule has 0 radical (unpaired) electrons. The summed E-state index contributed by atoms with van der Waals surface area (Å²) in [5.74, 6) is 0. The fraction of sp³-hybridized carbons (Fsp3) is 0.250. The Kier molecular flexibility index (Phi) is 5.26. The van der Waals surface area contributed by atoms with Crippen molar-refractivity contribution < 1.29 is 13.2 Å². The molecule has 4 N–H and O–H groups in total. The molecule has 2 heterocycles. The molecule has 0 spiro atoms. The topological polar surface area (TPSA) is 70.9 Å². The van der Waals surface area contributed by atoms with Gasteiger partial charge in [0.2, 0.25) is 0 Å². The molecule has 2 aromatic rings. The van der Waals surface area contributed by atoms with Crippen LogP contribution in [0, 0.1) is 13.8 Å². The van der Waals surface area contributed by atoms with Gasteiger partial charge in [-0.15, -0.1) is 0 Å². The van der Waals surface area contributed by atoms with E-state index in [1.165, 1.54) is 24.2 Å². The summed E-state index contributed by atoms with van der Waals surface area (Å²) in [6, 6.07) is 9.10. The second-order valence-electron chi connectivity index (χ2n) is 7.07. The summed E-state index contributed by atoms with van der Waals surface area (Å²) in [7, 11) is 0. The monoisotopic (exact) mass is 453 g/mol. The number of alkyl halides is 3. The smallest absolute Gasteiger partial charge is 0.314 e. The van der Waals surface area contributed by atoms with E-state index in [1.54, 1.807) is 4.90 Å².